The van der Waals surface area contributed by atoms with Gasteiger partial charge in [0.05, 0.1) is 24.8 Å². The third-order valence-corrected chi connectivity index (χ3v) is 9.24. The van der Waals surface area contributed by atoms with E-state index in [1.807, 2.05) is 20.8 Å². The van der Waals surface area contributed by atoms with Crippen molar-refractivity contribution in [3.8, 4) is 11.5 Å². The first kappa shape index (κ1) is 34.8. The first-order chi connectivity index (χ1) is 21.5. The van der Waals surface area contributed by atoms with E-state index < -0.39 is 23.8 Å². The minimum absolute atomic E-state index is 0.0980. The smallest absolute Gasteiger partial charge is 0.410 e. The van der Waals surface area contributed by atoms with Crippen LogP contribution in [0, 0.1) is 23.2 Å². The number of aliphatic hydroxyl groups is 2. The minimum atomic E-state index is -1.33. The normalized spacial score (nSPS) is 27.9. The lowest BCUT2D eigenvalue weighted by molar-refractivity contribution is -0.253. The second-order valence-electron chi connectivity index (χ2n) is 13.7. The number of carbonyl (C=O) groups is 1. The number of ether oxygens (including phenoxy) is 3. The Morgan fingerprint density at radius 2 is 1.89 bits per heavy atom. The maximum Gasteiger partial charge on any atom is 0.410 e. The fraction of sp³-hybridized carbons (Fsp3) is 0.657. The number of oxime groups is 1. The van der Waals surface area contributed by atoms with E-state index in [1.165, 1.54) is 7.11 Å². The summed E-state index contributed by atoms with van der Waals surface area (Å²) in [6, 6.07) is 4.52. The predicted octanol–water partition coefficient (Wildman–Crippen LogP) is 5.77. The van der Waals surface area contributed by atoms with Crippen LogP contribution in [0.25, 0.3) is 0 Å². The number of hydrogen-bond acceptors (Lipinski definition) is 9. The van der Waals surface area contributed by atoms with Gasteiger partial charge < -0.3 is 39.3 Å². The topological polar surface area (TPSA) is 130 Å². The van der Waals surface area contributed by atoms with E-state index in [1.54, 1.807) is 36.2 Å². The molecule has 10 nitrogen and oxygen atoms in total. The highest BCUT2D eigenvalue weighted by atomic mass is 16.7. The van der Waals surface area contributed by atoms with Crippen LogP contribution in [0.5, 0.6) is 11.5 Å². The lowest BCUT2D eigenvalue weighted by Crippen LogP contribution is -2.69. The van der Waals surface area contributed by atoms with Gasteiger partial charge in [0.15, 0.2) is 0 Å². The zero-order chi connectivity index (χ0) is 32.8. The Balaban J connectivity index is 1.94. The van der Waals surface area contributed by atoms with Crippen molar-refractivity contribution in [2.75, 3.05) is 40.6 Å². The Morgan fingerprint density at radius 1 is 1.18 bits per heavy atom. The number of aliphatic hydroxyl groups excluding tert-OH is 2. The van der Waals surface area contributed by atoms with Gasteiger partial charge in [0.2, 0.25) is 5.79 Å². The van der Waals surface area contributed by atoms with Gasteiger partial charge in [0.1, 0.15) is 24.7 Å². The van der Waals surface area contributed by atoms with Gasteiger partial charge in [-0.25, -0.2) is 4.79 Å². The maximum absolute atomic E-state index is 13.6. The van der Waals surface area contributed by atoms with Gasteiger partial charge in [0, 0.05) is 38.2 Å². The Kier molecular flexibility index (Phi) is 11.6. The van der Waals surface area contributed by atoms with E-state index >= 15 is 0 Å². The van der Waals surface area contributed by atoms with Gasteiger partial charge in [-0.15, -0.1) is 6.58 Å². The predicted molar refractivity (Wildman–Crippen MR) is 172 cm³/mol. The molecule has 0 aromatic heterocycles. The summed E-state index contributed by atoms with van der Waals surface area (Å²) in [4.78, 5) is 20.6. The molecule has 1 amide bonds. The summed E-state index contributed by atoms with van der Waals surface area (Å²) in [5.74, 6) is -0.958. The number of allylic oxidation sites excluding steroid dienone is 1. The van der Waals surface area contributed by atoms with E-state index in [2.05, 4.69) is 17.8 Å². The molecule has 1 aliphatic heterocycles. The highest BCUT2D eigenvalue weighted by molar-refractivity contribution is 6.02. The number of rotatable bonds is 14. The average molecular weight is 629 g/mol. The zero-order valence-electron chi connectivity index (χ0n) is 27.5. The van der Waals surface area contributed by atoms with Crippen molar-refractivity contribution < 1.29 is 39.2 Å². The third-order valence-electron chi connectivity index (χ3n) is 9.24. The minimum Gasteiger partial charge on any atom is -0.508 e. The average Bonchev–Trinajstić information content (AvgIpc) is 3.00. The van der Waals surface area contributed by atoms with Gasteiger partial charge in [-0.05, 0) is 66.7 Å². The summed E-state index contributed by atoms with van der Waals surface area (Å²) in [5, 5.41) is 34.5. The van der Waals surface area contributed by atoms with Crippen LogP contribution in [0.3, 0.4) is 0 Å². The molecule has 45 heavy (non-hydrogen) atoms. The zero-order valence-corrected chi connectivity index (χ0v) is 27.5. The molecule has 3 N–H and O–H groups in total. The lowest BCUT2D eigenvalue weighted by atomic mass is 9.55. The van der Waals surface area contributed by atoms with E-state index in [4.69, 9.17) is 19.0 Å². The molecular weight excluding hydrogens is 576 g/mol. The number of hydrogen-bond donors (Lipinski definition) is 3. The first-order valence-corrected chi connectivity index (χ1v) is 16.2. The van der Waals surface area contributed by atoms with Crippen molar-refractivity contribution in [1.82, 2.24) is 4.90 Å². The van der Waals surface area contributed by atoms with Crippen LogP contribution >= 0.6 is 0 Å². The summed E-state index contributed by atoms with van der Waals surface area (Å²) < 4.78 is 19.5. The van der Waals surface area contributed by atoms with Crippen LogP contribution in [-0.2, 0) is 14.3 Å². The molecule has 0 spiro atoms. The number of phenolic OH excluding ortho intramolecular Hbond substituents is 1. The Hall–Kier alpha value is -3.08. The second kappa shape index (κ2) is 15.0. The fourth-order valence-corrected chi connectivity index (χ4v) is 7.35. The van der Waals surface area contributed by atoms with Gasteiger partial charge >= 0.3 is 6.09 Å². The van der Waals surface area contributed by atoms with Crippen molar-refractivity contribution in [1.29, 1.82) is 0 Å². The van der Waals surface area contributed by atoms with Crippen molar-refractivity contribution in [3.05, 3.63) is 48.1 Å². The largest absolute Gasteiger partial charge is 0.508 e. The van der Waals surface area contributed by atoms with E-state index in [9.17, 15) is 20.1 Å². The van der Waals surface area contributed by atoms with Crippen molar-refractivity contribution in [2.24, 2.45) is 28.3 Å². The van der Waals surface area contributed by atoms with E-state index in [0.29, 0.717) is 30.7 Å². The molecule has 1 fully saturated rings. The SMILES string of the molecule is C=CCOC12Oc3ccc(O)cc3C3C(CCCCO)C(CCCCO)C=C(C(=NOC)CC1N(C)C(=O)OCC(C)(C)C)C32. The number of phenols is 1. The number of benzene rings is 1. The summed E-state index contributed by atoms with van der Waals surface area (Å²) >= 11 is 0. The molecule has 2 aliphatic carbocycles. The Morgan fingerprint density at radius 3 is 2.53 bits per heavy atom. The number of fused-ring (bicyclic) bond motifs is 2. The fourth-order valence-electron chi connectivity index (χ4n) is 7.35. The molecule has 1 saturated carbocycles. The second-order valence-corrected chi connectivity index (χ2v) is 13.7. The van der Waals surface area contributed by atoms with Crippen LogP contribution in [-0.4, -0.2) is 84.4 Å². The van der Waals surface area contributed by atoms with Gasteiger partial charge in [-0.1, -0.05) is 50.9 Å². The maximum atomic E-state index is 13.6. The molecule has 10 heteroatoms. The van der Waals surface area contributed by atoms with E-state index in [0.717, 1.165) is 36.8 Å². The van der Waals surface area contributed by atoms with Crippen LogP contribution in [0.4, 0.5) is 4.79 Å². The molecule has 0 bridgehead atoms. The number of aromatic hydroxyl groups is 1. The molecule has 0 saturated heterocycles. The number of carbonyl (C=O) groups excluding carboxylic acids is 1. The van der Waals surface area contributed by atoms with Gasteiger partial charge in [-0.2, -0.15) is 0 Å². The lowest BCUT2D eigenvalue weighted by Gasteiger charge is -2.59. The highest BCUT2D eigenvalue weighted by Crippen LogP contribution is 2.61. The molecule has 1 aromatic rings. The Labute approximate surface area is 267 Å². The van der Waals surface area contributed by atoms with Crippen molar-refractivity contribution in [3.63, 3.8) is 0 Å². The summed E-state index contributed by atoms with van der Waals surface area (Å²) in [5.41, 5.74) is 2.31. The molecule has 4 rings (SSSR count). The number of nitrogens with zero attached hydrogens (tertiary/aromatic N) is 2. The Bertz CT molecular complexity index is 1240. The van der Waals surface area contributed by atoms with Crippen LogP contribution in [0.15, 0.2) is 47.7 Å². The quantitative estimate of drug-likeness (QED) is 0.135. The van der Waals surface area contributed by atoms with Crippen molar-refractivity contribution >= 4 is 11.8 Å². The van der Waals surface area contributed by atoms with Crippen LogP contribution in [0.2, 0.25) is 0 Å². The summed E-state index contributed by atoms with van der Waals surface area (Å²) in [6.07, 6.45) is 8.49. The molecule has 0 radical (unpaired) electrons. The summed E-state index contributed by atoms with van der Waals surface area (Å²) in [6.45, 7) is 10.6. The number of unbranched alkanes of at least 4 members (excludes halogenated alkanes) is 2. The molecular formula is C35H52N2O8. The molecule has 6 atom stereocenters. The number of amides is 1. The van der Waals surface area contributed by atoms with Gasteiger partial charge in [-0.3, -0.25) is 0 Å². The monoisotopic (exact) mass is 628 g/mol. The molecule has 1 aromatic carbocycles. The van der Waals surface area contributed by atoms with E-state index in [-0.39, 0.29) is 55.3 Å². The van der Waals surface area contributed by atoms with Crippen molar-refractivity contribution in [2.45, 2.75) is 83.5 Å². The molecule has 1 heterocycles. The standard InChI is InChI=1S/C35H52N2O8/c1-7-18-44-35-30(37(5)33(41)43-22-34(2,3)4)21-28(36-42-6)26-19-23(12-8-10-16-38)25(13-9-11-17-39)31(32(26)35)27-20-24(40)14-15-29(27)45-35/h7,14-15,19-20,23,25,30-32,38-40H,1,8-13,16-18,21-22H2,2-6H3. The third kappa shape index (κ3) is 7.50. The van der Waals surface area contributed by atoms with Gasteiger partial charge in [0.25, 0.3) is 0 Å². The van der Waals surface area contributed by atoms with Crippen LogP contribution < -0.4 is 4.74 Å². The highest BCUT2D eigenvalue weighted by Gasteiger charge is 2.65. The summed E-state index contributed by atoms with van der Waals surface area (Å²) in [7, 11) is 3.22. The molecule has 3 aliphatic rings. The number of likely N-dealkylation sites (N-methyl/N-ethyl adjacent to an activating group) is 1. The molecule has 250 valence electrons. The van der Waals surface area contributed by atoms with Crippen LogP contribution in [0.1, 0.15) is 77.2 Å². The molecule has 6 unspecified atom stereocenters. The first-order valence-electron chi connectivity index (χ1n) is 16.2.